The van der Waals surface area contributed by atoms with Crippen molar-refractivity contribution in [2.75, 3.05) is 5.75 Å². The highest BCUT2D eigenvalue weighted by Crippen LogP contribution is 2.26. The maximum absolute atomic E-state index is 2.20. The Bertz CT molecular complexity index is 321. The highest BCUT2D eigenvalue weighted by Gasteiger charge is 2.09. The Morgan fingerprint density at radius 3 is 3.27 bits per heavy atom. The molecule has 2 aromatic heterocycles. The summed E-state index contributed by atoms with van der Waals surface area (Å²) in [6, 6.07) is 0. The zero-order valence-corrected chi connectivity index (χ0v) is 8.56. The van der Waals surface area contributed by atoms with E-state index in [2.05, 4.69) is 29.1 Å². The van der Waals surface area contributed by atoms with E-state index in [9.17, 15) is 0 Å². The Balaban J connectivity index is 2.42. The molecule has 0 bridgehead atoms. The fraction of sp³-hybridized carbons (Fsp3) is 0.286. The van der Waals surface area contributed by atoms with Crippen molar-refractivity contribution >= 4 is 38.6 Å². The second-order valence-electron chi connectivity index (χ2n) is 2.06. The van der Waals surface area contributed by atoms with E-state index in [1.54, 1.807) is 11.3 Å². The van der Waals surface area contributed by atoms with Crippen molar-refractivity contribution < 1.29 is 4.40 Å². The lowest BCUT2D eigenvalue weighted by molar-refractivity contribution is -0.504. The highest BCUT2D eigenvalue weighted by molar-refractivity contribution is 8.01. The zero-order valence-electron chi connectivity index (χ0n) is 6.11. The van der Waals surface area contributed by atoms with E-state index >= 15 is 0 Å². The smallest absolute Gasteiger partial charge is 0.146 e. The predicted molar refractivity (Wildman–Crippen MR) is 51.8 cm³/mol. The topological polar surface area (TPSA) is 4.10 Å². The van der Waals surface area contributed by atoms with E-state index in [4.69, 9.17) is 0 Å². The Labute approximate surface area is 77.7 Å². The van der Waals surface area contributed by atoms with Gasteiger partial charge in [-0.1, -0.05) is 18.3 Å². The second-order valence-corrected chi connectivity index (χ2v) is 5.81. The lowest BCUT2D eigenvalue weighted by atomic mass is 10.9. The molecule has 2 heterocycles. The van der Waals surface area contributed by atoms with Crippen molar-refractivity contribution in [3.8, 4) is 0 Å². The fourth-order valence-corrected chi connectivity index (χ4v) is 4.07. The molecule has 0 aliphatic rings. The lowest BCUT2D eigenvalue weighted by Gasteiger charge is -1.82. The van der Waals surface area contributed by atoms with E-state index in [1.165, 1.54) is 8.35 Å². The van der Waals surface area contributed by atoms with E-state index in [0.29, 0.717) is 0 Å². The van der Waals surface area contributed by atoms with Crippen LogP contribution in [0.5, 0.6) is 0 Å². The summed E-state index contributed by atoms with van der Waals surface area (Å²) >= 11 is 5.59. The Hall–Kier alpha value is -0.0600. The molecule has 0 unspecified atom stereocenters. The largest absolute Gasteiger partial charge is 0.326 e. The minimum absolute atomic E-state index is 1.16. The molecule has 0 fully saturated rings. The number of fused-ring (bicyclic) bond motifs is 1. The Morgan fingerprint density at radius 1 is 1.64 bits per heavy atom. The molecule has 0 saturated carbocycles. The number of hydrogen-bond acceptors (Lipinski definition) is 3. The van der Waals surface area contributed by atoms with Crippen molar-refractivity contribution in [3.63, 3.8) is 0 Å². The molecular weight excluding hydrogens is 194 g/mol. The van der Waals surface area contributed by atoms with Gasteiger partial charge in [-0.15, -0.1) is 16.2 Å². The van der Waals surface area contributed by atoms with Crippen molar-refractivity contribution in [2.45, 2.75) is 11.1 Å². The van der Waals surface area contributed by atoms with Crippen LogP contribution >= 0.6 is 34.4 Å². The average Bonchev–Trinajstić information content (AvgIpc) is 2.46. The second kappa shape index (κ2) is 3.13. The SMILES string of the molecule is CCSc1c[n+]2ccsc2s1. The molecule has 0 spiro atoms. The van der Waals surface area contributed by atoms with Gasteiger partial charge in [0.1, 0.15) is 4.21 Å². The molecule has 4 heteroatoms. The van der Waals surface area contributed by atoms with Gasteiger partial charge in [-0.3, -0.25) is 0 Å². The predicted octanol–water partition coefficient (Wildman–Crippen LogP) is 2.66. The van der Waals surface area contributed by atoms with Crippen LogP contribution in [0, 0.1) is 0 Å². The van der Waals surface area contributed by atoms with Crippen LogP contribution < -0.4 is 4.40 Å². The van der Waals surface area contributed by atoms with Crippen molar-refractivity contribution in [1.82, 2.24) is 0 Å². The summed E-state index contributed by atoms with van der Waals surface area (Å²) < 4.78 is 4.98. The first-order chi connectivity index (χ1) is 5.40. The van der Waals surface area contributed by atoms with Crippen molar-refractivity contribution in [1.29, 1.82) is 0 Å². The summed E-state index contributed by atoms with van der Waals surface area (Å²) in [5, 5.41) is 2.12. The molecule has 58 valence electrons. The van der Waals surface area contributed by atoms with Crippen molar-refractivity contribution in [2.24, 2.45) is 0 Å². The minimum Gasteiger partial charge on any atom is -0.146 e. The lowest BCUT2D eigenvalue weighted by Crippen LogP contribution is -2.11. The molecule has 0 saturated heterocycles. The summed E-state index contributed by atoms with van der Waals surface area (Å²) in [5.74, 6) is 1.16. The third kappa shape index (κ3) is 1.43. The molecule has 2 aromatic rings. The highest BCUT2D eigenvalue weighted by atomic mass is 32.2. The molecule has 0 aliphatic heterocycles. The van der Waals surface area contributed by atoms with Gasteiger partial charge in [-0.25, -0.2) is 0 Å². The van der Waals surface area contributed by atoms with Crippen LogP contribution in [0.2, 0.25) is 0 Å². The summed E-state index contributed by atoms with van der Waals surface area (Å²) in [6.07, 6.45) is 4.31. The third-order valence-corrected chi connectivity index (χ3v) is 4.50. The first-order valence-corrected chi connectivity index (χ1v) is 6.09. The first-order valence-electron chi connectivity index (χ1n) is 3.41. The summed E-state index contributed by atoms with van der Waals surface area (Å²) in [6.45, 7) is 2.18. The van der Waals surface area contributed by atoms with Gasteiger partial charge < -0.3 is 0 Å². The molecule has 0 atom stereocenters. The molecule has 2 rings (SSSR count). The molecular formula is C7H8NS3+. The molecule has 1 nitrogen and oxygen atoms in total. The van der Waals surface area contributed by atoms with Gasteiger partial charge in [0, 0.05) is 0 Å². The third-order valence-electron chi connectivity index (χ3n) is 1.32. The van der Waals surface area contributed by atoms with E-state index in [-0.39, 0.29) is 0 Å². The quantitative estimate of drug-likeness (QED) is 0.535. The number of rotatable bonds is 2. The van der Waals surface area contributed by atoms with Crippen LogP contribution in [0.4, 0.5) is 0 Å². The van der Waals surface area contributed by atoms with Gasteiger partial charge >= 0.3 is 4.14 Å². The van der Waals surface area contributed by atoms with Crippen LogP contribution in [0.3, 0.4) is 0 Å². The number of hydrogen-bond donors (Lipinski definition) is 0. The van der Waals surface area contributed by atoms with Crippen LogP contribution in [0.15, 0.2) is 22.0 Å². The summed E-state index contributed by atoms with van der Waals surface area (Å²) in [4.78, 5) is 0. The van der Waals surface area contributed by atoms with Crippen molar-refractivity contribution in [3.05, 3.63) is 17.8 Å². The van der Waals surface area contributed by atoms with E-state index < -0.39 is 0 Å². The molecule has 0 radical (unpaired) electrons. The fourth-order valence-electron chi connectivity index (χ4n) is 0.883. The van der Waals surface area contributed by atoms with Crippen LogP contribution in [0.1, 0.15) is 6.92 Å². The molecule has 0 N–H and O–H groups in total. The van der Waals surface area contributed by atoms with E-state index in [1.807, 2.05) is 23.1 Å². The summed E-state index contributed by atoms with van der Waals surface area (Å²) in [5.41, 5.74) is 0. The number of thioether (sulfide) groups is 1. The van der Waals surface area contributed by atoms with Crippen LogP contribution in [-0.2, 0) is 0 Å². The van der Waals surface area contributed by atoms with Gasteiger partial charge in [0.2, 0.25) is 6.20 Å². The molecule has 0 amide bonds. The monoisotopic (exact) mass is 202 g/mol. The standard InChI is InChI=1S/C7H8NS3/c1-2-9-6-5-8-3-4-10-7(8)11-6/h3-5H,2H2,1H3/q+1. The van der Waals surface area contributed by atoms with Gasteiger partial charge in [-0.2, -0.15) is 0 Å². The average molecular weight is 202 g/mol. The minimum atomic E-state index is 1.16. The maximum atomic E-state index is 2.20. The maximum Gasteiger partial charge on any atom is 0.326 e. The van der Waals surface area contributed by atoms with Gasteiger partial charge in [0.15, 0.2) is 6.20 Å². The number of nitrogens with zero attached hydrogens (tertiary/aromatic N) is 1. The molecule has 11 heavy (non-hydrogen) atoms. The van der Waals surface area contributed by atoms with Crippen LogP contribution in [0.25, 0.3) is 4.14 Å². The van der Waals surface area contributed by atoms with Gasteiger partial charge in [-0.05, 0) is 17.1 Å². The van der Waals surface area contributed by atoms with Crippen LogP contribution in [-0.4, -0.2) is 5.75 Å². The normalized spacial score (nSPS) is 11.0. The number of thiazole rings is 2. The van der Waals surface area contributed by atoms with E-state index in [0.717, 1.165) is 5.75 Å². The van der Waals surface area contributed by atoms with Gasteiger partial charge in [0.25, 0.3) is 0 Å². The zero-order chi connectivity index (χ0) is 7.68. The first kappa shape index (κ1) is 7.58. The Morgan fingerprint density at radius 2 is 2.55 bits per heavy atom. The number of aromatic nitrogens is 1. The summed E-state index contributed by atoms with van der Waals surface area (Å²) in [7, 11) is 0. The van der Waals surface area contributed by atoms with Gasteiger partial charge in [0.05, 0.1) is 5.38 Å². The Kier molecular flexibility index (Phi) is 2.16. The molecule has 0 aromatic carbocycles. The molecule has 0 aliphatic carbocycles.